The van der Waals surface area contributed by atoms with Crippen molar-refractivity contribution < 1.29 is 4.74 Å². The molecule has 0 radical (unpaired) electrons. The molecule has 0 aliphatic rings. The molecule has 0 fully saturated rings. The van der Waals surface area contributed by atoms with Crippen LogP contribution < -0.4 is 4.74 Å². The molecule has 0 atom stereocenters. The van der Waals surface area contributed by atoms with Crippen LogP contribution >= 0.6 is 11.3 Å². The lowest BCUT2D eigenvalue weighted by Gasteiger charge is -2.02. The second-order valence-electron chi connectivity index (χ2n) is 5.80. The molecule has 0 spiro atoms. The van der Waals surface area contributed by atoms with Gasteiger partial charge in [-0.15, -0.1) is 11.3 Å². The van der Waals surface area contributed by atoms with Gasteiger partial charge >= 0.3 is 0 Å². The molecule has 0 amide bonds. The highest BCUT2D eigenvalue weighted by molar-refractivity contribution is 7.21. The Morgan fingerprint density at radius 2 is 1.85 bits per heavy atom. The molecule has 4 aromatic rings. The van der Waals surface area contributed by atoms with Gasteiger partial charge in [-0.05, 0) is 61.0 Å². The smallest absolute Gasteiger partial charge is 0.124 e. The van der Waals surface area contributed by atoms with E-state index in [1.54, 1.807) is 11.3 Å². The Morgan fingerprint density at radius 1 is 1.00 bits per heavy atom. The van der Waals surface area contributed by atoms with E-state index in [0.717, 1.165) is 33.1 Å². The van der Waals surface area contributed by atoms with Gasteiger partial charge in [-0.2, -0.15) is 0 Å². The molecule has 1 heterocycles. The summed E-state index contributed by atoms with van der Waals surface area (Å²) >= 11 is 1.70. The molecule has 0 N–H and O–H groups in total. The van der Waals surface area contributed by atoms with Crippen molar-refractivity contribution >= 4 is 33.5 Å². The zero-order valence-electron chi connectivity index (χ0n) is 14.4. The molecule has 0 unspecified atom stereocenters. The third kappa shape index (κ3) is 3.65. The van der Waals surface area contributed by atoms with E-state index in [1.165, 1.54) is 4.70 Å². The fraction of sp³-hybridized carbons (Fsp3) is 0.0909. The zero-order chi connectivity index (χ0) is 17.8. The van der Waals surface area contributed by atoms with E-state index in [9.17, 15) is 0 Å². The molecule has 128 valence electrons. The van der Waals surface area contributed by atoms with Gasteiger partial charge in [0, 0.05) is 11.8 Å². The maximum absolute atomic E-state index is 5.46. The second kappa shape index (κ2) is 7.50. The van der Waals surface area contributed by atoms with E-state index in [4.69, 9.17) is 9.72 Å². The van der Waals surface area contributed by atoms with Crippen LogP contribution in [0.1, 0.15) is 12.5 Å². The largest absolute Gasteiger partial charge is 0.494 e. The average molecular weight is 358 g/mol. The van der Waals surface area contributed by atoms with Crippen LogP contribution in [0.25, 0.3) is 20.8 Å². The van der Waals surface area contributed by atoms with Crippen LogP contribution in [0.5, 0.6) is 5.75 Å². The van der Waals surface area contributed by atoms with Gasteiger partial charge in [0.15, 0.2) is 0 Å². The molecule has 0 aliphatic heterocycles. The lowest BCUT2D eigenvalue weighted by molar-refractivity contribution is 0.340. The molecular weight excluding hydrogens is 340 g/mol. The number of para-hydroxylation sites is 1. The van der Waals surface area contributed by atoms with Crippen LogP contribution in [-0.2, 0) is 0 Å². The van der Waals surface area contributed by atoms with Gasteiger partial charge in [0.05, 0.1) is 22.5 Å². The van der Waals surface area contributed by atoms with Gasteiger partial charge in [-0.3, -0.25) is 4.99 Å². The number of rotatable bonds is 5. The number of nitrogens with zero attached hydrogens (tertiary/aromatic N) is 2. The van der Waals surface area contributed by atoms with Crippen LogP contribution in [0.15, 0.2) is 77.8 Å². The van der Waals surface area contributed by atoms with Crippen molar-refractivity contribution in [2.24, 2.45) is 4.99 Å². The van der Waals surface area contributed by atoms with E-state index >= 15 is 0 Å². The van der Waals surface area contributed by atoms with Crippen molar-refractivity contribution in [1.29, 1.82) is 0 Å². The Balaban J connectivity index is 1.57. The van der Waals surface area contributed by atoms with Gasteiger partial charge in [0.25, 0.3) is 0 Å². The Hall–Kier alpha value is -2.98. The Morgan fingerprint density at radius 3 is 2.65 bits per heavy atom. The van der Waals surface area contributed by atoms with Gasteiger partial charge in [0.2, 0.25) is 0 Å². The minimum atomic E-state index is 0.673. The summed E-state index contributed by atoms with van der Waals surface area (Å²) in [5.74, 6) is 0.877. The van der Waals surface area contributed by atoms with Crippen LogP contribution in [0.2, 0.25) is 0 Å². The fourth-order valence-electron chi connectivity index (χ4n) is 2.68. The summed E-state index contributed by atoms with van der Waals surface area (Å²) in [7, 11) is 0. The molecule has 0 saturated carbocycles. The van der Waals surface area contributed by atoms with Crippen LogP contribution in [-0.4, -0.2) is 17.8 Å². The fourth-order valence-corrected chi connectivity index (χ4v) is 3.64. The number of aliphatic imine (C=N–C) groups is 1. The molecule has 1 aromatic heterocycles. The monoisotopic (exact) mass is 358 g/mol. The number of ether oxygens (including phenoxy) is 1. The summed E-state index contributed by atoms with van der Waals surface area (Å²) in [6, 6.07) is 24.3. The summed E-state index contributed by atoms with van der Waals surface area (Å²) in [5, 5.41) is 1.02. The number of hydrogen-bond donors (Lipinski definition) is 0. The normalized spacial score (nSPS) is 11.3. The molecule has 0 saturated heterocycles. The maximum atomic E-state index is 5.46. The molecule has 4 heteroatoms. The number of benzene rings is 3. The highest BCUT2D eigenvalue weighted by atomic mass is 32.1. The van der Waals surface area contributed by atoms with Crippen LogP contribution in [0, 0.1) is 0 Å². The van der Waals surface area contributed by atoms with Gasteiger partial charge < -0.3 is 4.74 Å². The first-order chi connectivity index (χ1) is 12.8. The number of fused-ring (bicyclic) bond motifs is 1. The average Bonchev–Trinajstić information content (AvgIpc) is 3.12. The predicted octanol–water partition coefficient (Wildman–Crippen LogP) is 6.11. The van der Waals surface area contributed by atoms with E-state index in [2.05, 4.69) is 23.2 Å². The second-order valence-corrected chi connectivity index (χ2v) is 6.83. The number of aromatic nitrogens is 1. The molecule has 3 aromatic carbocycles. The van der Waals surface area contributed by atoms with Crippen molar-refractivity contribution in [3.63, 3.8) is 0 Å². The molecule has 4 rings (SSSR count). The summed E-state index contributed by atoms with van der Waals surface area (Å²) in [4.78, 5) is 9.33. The van der Waals surface area contributed by atoms with Crippen LogP contribution in [0.4, 0.5) is 5.69 Å². The summed E-state index contributed by atoms with van der Waals surface area (Å²) in [6.45, 7) is 2.65. The van der Waals surface area contributed by atoms with E-state index in [1.807, 2.05) is 67.7 Å². The highest BCUT2D eigenvalue weighted by Gasteiger charge is 2.06. The topological polar surface area (TPSA) is 34.5 Å². The Bertz CT molecular complexity index is 1020. The summed E-state index contributed by atoms with van der Waals surface area (Å²) < 4.78 is 6.66. The minimum Gasteiger partial charge on any atom is -0.494 e. The SMILES string of the molecule is CCOc1ccc(C=Nc2cccc(-c3nc4ccccc4s3)c2)cc1. The third-order valence-electron chi connectivity index (χ3n) is 3.94. The number of thiazole rings is 1. The Kier molecular flexibility index (Phi) is 4.75. The molecular formula is C22H18N2OS. The number of hydrogen-bond acceptors (Lipinski definition) is 4. The summed E-state index contributed by atoms with van der Waals surface area (Å²) in [6.07, 6.45) is 1.87. The first-order valence-electron chi connectivity index (χ1n) is 8.55. The van der Waals surface area contributed by atoms with Crippen molar-refractivity contribution in [2.75, 3.05) is 6.61 Å². The molecule has 26 heavy (non-hydrogen) atoms. The molecule has 3 nitrogen and oxygen atoms in total. The third-order valence-corrected chi connectivity index (χ3v) is 5.03. The lowest BCUT2D eigenvalue weighted by Crippen LogP contribution is -1.91. The first kappa shape index (κ1) is 16.5. The Labute approximate surface area is 156 Å². The minimum absolute atomic E-state index is 0.673. The summed E-state index contributed by atoms with van der Waals surface area (Å²) in [5.41, 5.74) is 4.08. The van der Waals surface area contributed by atoms with Crippen molar-refractivity contribution in [1.82, 2.24) is 4.98 Å². The quantitative estimate of drug-likeness (QED) is 0.403. The van der Waals surface area contributed by atoms with E-state index < -0.39 is 0 Å². The maximum Gasteiger partial charge on any atom is 0.124 e. The van der Waals surface area contributed by atoms with Crippen molar-refractivity contribution in [3.8, 4) is 16.3 Å². The molecule has 0 bridgehead atoms. The van der Waals surface area contributed by atoms with E-state index in [-0.39, 0.29) is 0 Å². The van der Waals surface area contributed by atoms with Gasteiger partial charge in [-0.1, -0.05) is 24.3 Å². The predicted molar refractivity (Wildman–Crippen MR) is 110 cm³/mol. The molecule has 0 aliphatic carbocycles. The first-order valence-corrected chi connectivity index (χ1v) is 9.36. The van der Waals surface area contributed by atoms with Crippen LogP contribution in [0.3, 0.4) is 0 Å². The van der Waals surface area contributed by atoms with Crippen molar-refractivity contribution in [3.05, 3.63) is 78.4 Å². The van der Waals surface area contributed by atoms with Crippen molar-refractivity contribution in [2.45, 2.75) is 6.92 Å². The lowest BCUT2D eigenvalue weighted by atomic mass is 10.2. The van der Waals surface area contributed by atoms with Gasteiger partial charge in [0.1, 0.15) is 10.8 Å². The highest BCUT2D eigenvalue weighted by Crippen LogP contribution is 2.31. The zero-order valence-corrected chi connectivity index (χ0v) is 15.2. The van der Waals surface area contributed by atoms with E-state index in [0.29, 0.717) is 6.61 Å². The van der Waals surface area contributed by atoms with Gasteiger partial charge in [-0.25, -0.2) is 4.98 Å². The standard InChI is InChI=1S/C22H18N2OS/c1-2-25-19-12-10-16(11-13-19)15-23-18-7-5-6-17(14-18)22-24-20-8-3-4-9-21(20)26-22/h3-15H,2H2,1H3.